The van der Waals surface area contributed by atoms with Gasteiger partial charge in [0.1, 0.15) is 6.26 Å². The topological polar surface area (TPSA) is 114 Å². The second-order valence-electron chi connectivity index (χ2n) is 7.37. The Hall–Kier alpha value is -2.98. The number of aromatic nitrogens is 1. The van der Waals surface area contributed by atoms with Gasteiger partial charge < -0.3 is 14.6 Å². The lowest BCUT2D eigenvalue weighted by Gasteiger charge is -2.40. The summed E-state index contributed by atoms with van der Waals surface area (Å²) in [7, 11) is -0.831. The molecule has 180 valence electrons. The molecule has 0 aliphatic rings. The van der Waals surface area contributed by atoms with Crippen molar-refractivity contribution in [1.82, 2.24) is 10.5 Å². The first-order valence-corrected chi connectivity index (χ1v) is 12.1. The SMILES string of the molecule is CC/C=C(\Cl)C(C)(/C=C/OC)[C@H](C)N(C(=O)NC)c1ccc(S(=O)(=O)Nc2ccon2)cc1. The van der Waals surface area contributed by atoms with Gasteiger partial charge in [-0.25, -0.2) is 13.2 Å². The Morgan fingerprint density at radius 1 is 1.33 bits per heavy atom. The van der Waals surface area contributed by atoms with Crippen molar-refractivity contribution in [2.45, 2.75) is 38.1 Å². The van der Waals surface area contributed by atoms with E-state index in [2.05, 4.69) is 19.7 Å². The van der Waals surface area contributed by atoms with Crippen LogP contribution in [0.3, 0.4) is 0 Å². The van der Waals surface area contributed by atoms with E-state index in [1.54, 1.807) is 18.2 Å². The lowest BCUT2D eigenvalue weighted by atomic mass is 9.81. The molecule has 0 aliphatic carbocycles. The zero-order valence-electron chi connectivity index (χ0n) is 19.2. The fraction of sp³-hybridized carbons (Fsp3) is 0.364. The predicted molar refractivity (Wildman–Crippen MR) is 129 cm³/mol. The number of methoxy groups -OCH3 is 1. The maximum atomic E-state index is 12.9. The summed E-state index contributed by atoms with van der Waals surface area (Å²) in [6, 6.07) is 6.48. The number of hydrogen-bond acceptors (Lipinski definition) is 6. The number of anilines is 2. The van der Waals surface area contributed by atoms with Crippen LogP contribution < -0.4 is 14.9 Å². The molecule has 0 aliphatic heterocycles. The highest BCUT2D eigenvalue weighted by molar-refractivity contribution is 7.92. The van der Waals surface area contributed by atoms with Gasteiger partial charge in [0.2, 0.25) is 0 Å². The third-order valence-corrected chi connectivity index (χ3v) is 7.17. The summed E-state index contributed by atoms with van der Waals surface area (Å²) in [5.41, 5.74) is -0.292. The van der Waals surface area contributed by atoms with Crippen molar-refractivity contribution in [3.8, 4) is 0 Å². The summed E-state index contributed by atoms with van der Waals surface area (Å²) in [4.78, 5) is 14.4. The fourth-order valence-electron chi connectivity index (χ4n) is 3.18. The molecule has 2 aromatic rings. The molecule has 11 heteroatoms. The number of nitrogens with one attached hydrogen (secondary N) is 2. The van der Waals surface area contributed by atoms with Crippen molar-refractivity contribution in [2.75, 3.05) is 23.8 Å². The number of hydrogen-bond donors (Lipinski definition) is 2. The summed E-state index contributed by atoms with van der Waals surface area (Å²) in [6.07, 6.45) is 7.17. The van der Waals surface area contributed by atoms with Gasteiger partial charge in [-0.2, -0.15) is 0 Å². The van der Waals surface area contributed by atoms with Crippen LogP contribution >= 0.6 is 11.6 Å². The van der Waals surface area contributed by atoms with Gasteiger partial charge >= 0.3 is 6.03 Å². The van der Waals surface area contributed by atoms with Crippen molar-refractivity contribution in [1.29, 1.82) is 0 Å². The third-order valence-electron chi connectivity index (χ3n) is 5.24. The summed E-state index contributed by atoms with van der Waals surface area (Å²) < 4.78 is 37.3. The van der Waals surface area contributed by atoms with E-state index < -0.39 is 21.5 Å². The normalized spacial score (nSPS) is 15.0. The van der Waals surface area contributed by atoms with E-state index in [1.807, 2.05) is 26.8 Å². The van der Waals surface area contributed by atoms with Crippen LogP contribution in [0.2, 0.25) is 0 Å². The lowest BCUT2D eigenvalue weighted by molar-refractivity contribution is 0.241. The van der Waals surface area contributed by atoms with Crippen LogP contribution in [0.4, 0.5) is 16.3 Å². The highest BCUT2D eigenvalue weighted by Gasteiger charge is 2.38. The van der Waals surface area contributed by atoms with Gasteiger partial charge in [-0.15, -0.1) is 0 Å². The first kappa shape index (κ1) is 26.3. The van der Waals surface area contributed by atoms with Gasteiger partial charge in [0.15, 0.2) is 5.82 Å². The number of nitrogens with zero attached hydrogens (tertiary/aromatic N) is 2. The van der Waals surface area contributed by atoms with Crippen LogP contribution in [0.1, 0.15) is 27.2 Å². The minimum absolute atomic E-state index is 0.00436. The number of halogens is 1. The molecule has 2 rings (SSSR count). The second kappa shape index (κ2) is 11.2. The molecule has 2 N–H and O–H groups in total. The number of allylic oxidation sites excluding steroid dienone is 1. The molecule has 0 radical (unpaired) electrons. The van der Waals surface area contributed by atoms with E-state index in [0.717, 1.165) is 0 Å². The van der Waals surface area contributed by atoms with Crippen LogP contribution in [0.15, 0.2) is 69.5 Å². The summed E-state index contributed by atoms with van der Waals surface area (Å²) in [6.45, 7) is 5.73. The van der Waals surface area contributed by atoms with Crippen molar-refractivity contribution in [3.05, 3.63) is 60.0 Å². The summed E-state index contributed by atoms with van der Waals surface area (Å²) in [5.74, 6) is 0.0673. The van der Waals surface area contributed by atoms with Gasteiger partial charge in [-0.1, -0.05) is 29.8 Å². The Kier molecular flexibility index (Phi) is 8.95. The molecule has 33 heavy (non-hydrogen) atoms. The molecule has 1 heterocycles. The Balaban J connectivity index is 2.46. The smallest absolute Gasteiger partial charge is 0.321 e. The summed E-state index contributed by atoms with van der Waals surface area (Å²) >= 11 is 6.65. The Labute approximate surface area is 199 Å². The van der Waals surface area contributed by atoms with Crippen LogP contribution in [0.5, 0.6) is 0 Å². The van der Waals surface area contributed by atoms with Gasteiger partial charge in [0.25, 0.3) is 10.0 Å². The quantitative estimate of drug-likeness (QED) is 0.460. The maximum Gasteiger partial charge on any atom is 0.321 e. The Bertz CT molecular complexity index is 1080. The first-order chi connectivity index (χ1) is 15.6. The standard InChI is InChI=1S/C22H29ClN4O5S/c1-6-7-19(23)22(3,13-15-31-5)16(2)27(21(28)24-4)17-8-10-18(11-9-17)33(29,30)26-20-12-14-32-25-20/h7-16H,6H2,1-5H3,(H,24,28)(H,25,26)/b15-13+,19-7-/t16-,22?/m0/s1. The number of benzene rings is 1. The van der Waals surface area contributed by atoms with Crippen molar-refractivity contribution >= 4 is 39.2 Å². The van der Waals surface area contributed by atoms with E-state index in [4.69, 9.17) is 16.3 Å². The minimum Gasteiger partial charge on any atom is -0.505 e. The van der Waals surface area contributed by atoms with E-state index in [9.17, 15) is 13.2 Å². The van der Waals surface area contributed by atoms with Gasteiger partial charge in [0.05, 0.1) is 18.3 Å². The second-order valence-corrected chi connectivity index (χ2v) is 9.46. The molecule has 1 unspecified atom stereocenters. The average Bonchev–Trinajstić information content (AvgIpc) is 3.30. The zero-order chi connectivity index (χ0) is 24.6. The minimum atomic E-state index is -3.88. The molecule has 0 saturated heterocycles. The molecule has 0 fully saturated rings. The molecule has 9 nitrogen and oxygen atoms in total. The number of ether oxygens (including phenoxy) is 1. The number of carbonyl (C=O) groups is 1. The van der Waals surface area contributed by atoms with Gasteiger partial charge in [-0.3, -0.25) is 9.62 Å². The zero-order valence-corrected chi connectivity index (χ0v) is 20.8. The van der Waals surface area contributed by atoms with Gasteiger partial charge in [-0.05, 0) is 50.6 Å². The van der Waals surface area contributed by atoms with Crippen molar-refractivity contribution in [2.24, 2.45) is 5.41 Å². The molecule has 2 atom stereocenters. The molecule has 2 amide bonds. The van der Waals surface area contributed by atoms with E-state index in [0.29, 0.717) is 17.1 Å². The average molecular weight is 497 g/mol. The molecule has 0 spiro atoms. The molecular formula is C22H29ClN4O5S. The number of rotatable bonds is 10. The fourth-order valence-corrected chi connectivity index (χ4v) is 4.55. The monoisotopic (exact) mass is 496 g/mol. The number of sulfonamides is 1. The molecule has 0 bridgehead atoms. The van der Waals surface area contributed by atoms with Crippen LogP contribution in [0, 0.1) is 5.41 Å². The van der Waals surface area contributed by atoms with E-state index >= 15 is 0 Å². The predicted octanol–water partition coefficient (Wildman–Crippen LogP) is 4.71. The van der Waals surface area contributed by atoms with Gasteiger partial charge in [0, 0.05) is 35.3 Å². The molecule has 1 aromatic carbocycles. The first-order valence-electron chi connectivity index (χ1n) is 10.2. The molecule has 1 aromatic heterocycles. The van der Waals surface area contributed by atoms with Crippen LogP contribution in [-0.4, -0.2) is 39.8 Å². The van der Waals surface area contributed by atoms with Crippen LogP contribution in [-0.2, 0) is 14.8 Å². The Morgan fingerprint density at radius 3 is 2.52 bits per heavy atom. The molecular weight excluding hydrogens is 468 g/mol. The highest BCUT2D eigenvalue weighted by Crippen LogP contribution is 2.40. The lowest BCUT2D eigenvalue weighted by Crippen LogP contribution is -2.51. The van der Waals surface area contributed by atoms with Crippen molar-refractivity contribution < 1.29 is 22.5 Å². The van der Waals surface area contributed by atoms with E-state index in [1.165, 1.54) is 49.8 Å². The Morgan fingerprint density at radius 2 is 2.00 bits per heavy atom. The van der Waals surface area contributed by atoms with Crippen molar-refractivity contribution in [3.63, 3.8) is 0 Å². The maximum absolute atomic E-state index is 12.9. The largest absolute Gasteiger partial charge is 0.505 e. The molecule has 0 saturated carbocycles. The van der Waals surface area contributed by atoms with Crippen LogP contribution in [0.25, 0.3) is 0 Å². The highest BCUT2D eigenvalue weighted by atomic mass is 35.5. The number of urea groups is 1. The number of carbonyl (C=O) groups excluding carboxylic acids is 1. The number of amides is 2. The third kappa shape index (κ3) is 6.08. The van der Waals surface area contributed by atoms with E-state index in [-0.39, 0.29) is 16.7 Å². The summed E-state index contributed by atoms with van der Waals surface area (Å²) in [5, 5.41) is 6.74.